The van der Waals surface area contributed by atoms with Crippen LogP contribution in [0.2, 0.25) is 0 Å². The maximum absolute atomic E-state index is 12.6. The molecule has 10 N–H and O–H groups in total. The summed E-state index contributed by atoms with van der Waals surface area (Å²) in [6, 6.07) is -5.27. The molecule has 0 spiro atoms. The lowest BCUT2D eigenvalue weighted by Gasteiger charge is -2.24. The van der Waals surface area contributed by atoms with Crippen molar-refractivity contribution in [2.24, 2.45) is 23.1 Å². The molecule has 0 saturated carbocycles. The number of carbonyl (C=O) groups is 6. The molecule has 5 atom stereocenters. The Bertz CT molecular complexity index is 684. The normalized spacial score (nSPS) is 15.6. The highest BCUT2D eigenvalue weighted by atomic mass is 16.4. The van der Waals surface area contributed by atoms with Gasteiger partial charge in [0.15, 0.2) is 0 Å². The number of carboxylic acid groups (broad SMARTS) is 1. The Balaban J connectivity index is 5.44. The molecular formula is C17H30N6O7. The number of amides is 5. The van der Waals surface area contributed by atoms with Crippen molar-refractivity contribution < 1.29 is 33.9 Å². The second-order valence-electron chi connectivity index (χ2n) is 6.94. The minimum Gasteiger partial charge on any atom is -0.480 e. The van der Waals surface area contributed by atoms with E-state index >= 15 is 0 Å². The van der Waals surface area contributed by atoms with Gasteiger partial charge in [0.05, 0.1) is 18.9 Å². The van der Waals surface area contributed by atoms with Crippen LogP contribution in [0.5, 0.6) is 0 Å². The average Bonchev–Trinajstić information content (AvgIpc) is 2.64. The van der Waals surface area contributed by atoms with Crippen molar-refractivity contribution in [3.63, 3.8) is 0 Å². The van der Waals surface area contributed by atoms with Gasteiger partial charge in [-0.25, -0.2) is 0 Å². The Hall–Kier alpha value is -3.22. The number of primary amides is 2. The standard InChI is InChI=1S/C17H30N6O7/c1-4-7(2)13(20)16(28)23-10(6-12(19)25)15(27)22-9(5-11(18)24)14(26)21-8(3)17(29)30/h7-10,13H,4-6,20H2,1-3H3,(H2,18,24)(H2,19,25)(H,21,26)(H,22,27)(H,23,28)(H,29,30). The number of nitrogens with one attached hydrogen (secondary N) is 3. The monoisotopic (exact) mass is 430 g/mol. The number of nitrogens with two attached hydrogens (primary N) is 3. The Morgan fingerprint density at radius 3 is 1.57 bits per heavy atom. The maximum atomic E-state index is 12.6. The minimum atomic E-state index is -1.53. The highest BCUT2D eigenvalue weighted by Crippen LogP contribution is 2.06. The summed E-state index contributed by atoms with van der Waals surface area (Å²) >= 11 is 0. The molecule has 0 aliphatic carbocycles. The van der Waals surface area contributed by atoms with Crippen molar-refractivity contribution in [3.8, 4) is 0 Å². The molecule has 0 aliphatic heterocycles. The van der Waals surface area contributed by atoms with Crippen LogP contribution >= 0.6 is 0 Å². The molecule has 0 aromatic rings. The lowest BCUT2D eigenvalue weighted by Crippen LogP contribution is -2.58. The number of carbonyl (C=O) groups excluding carboxylic acids is 5. The van der Waals surface area contributed by atoms with Crippen molar-refractivity contribution >= 4 is 35.5 Å². The van der Waals surface area contributed by atoms with Gasteiger partial charge in [-0.05, 0) is 12.8 Å². The van der Waals surface area contributed by atoms with E-state index in [1.807, 2.05) is 6.92 Å². The molecular weight excluding hydrogens is 400 g/mol. The summed E-state index contributed by atoms with van der Waals surface area (Å²) in [7, 11) is 0. The fraction of sp³-hybridized carbons (Fsp3) is 0.647. The van der Waals surface area contributed by atoms with Gasteiger partial charge in [0, 0.05) is 0 Å². The van der Waals surface area contributed by atoms with Crippen LogP contribution in [0.3, 0.4) is 0 Å². The molecule has 30 heavy (non-hydrogen) atoms. The smallest absolute Gasteiger partial charge is 0.325 e. The summed E-state index contributed by atoms with van der Waals surface area (Å²) in [6.07, 6.45) is -0.654. The van der Waals surface area contributed by atoms with Crippen LogP contribution in [0.25, 0.3) is 0 Å². The van der Waals surface area contributed by atoms with Gasteiger partial charge in [0.2, 0.25) is 29.5 Å². The lowest BCUT2D eigenvalue weighted by atomic mass is 9.99. The quantitative estimate of drug-likeness (QED) is 0.155. The molecule has 0 saturated heterocycles. The summed E-state index contributed by atoms with van der Waals surface area (Å²) in [5, 5.41) is 15.4. The van der Waals surface area contributed by atoms with Gasteiger partial charge in [0.25, 0.3) is 0 Å². The Kier molecular flexibility index (Phi) is 11.0. The molecule has 0 aliphatic rings. The third kappa shape index (κ3) is 9.32. The van der Waals surface area contributed by atoms with Gasteiger partial charge in [-0.2, -0.15) is 0 Å². The molecule has 170 valence electrons. The van der Waals surface area contributed by atoms with E-state index < -0.39 is 72.5 Å². The second kappa shape index (κ2) is 12.4. The minimum absolute atomic E-state index is 0.215. The lowest BCUT2D eigenvalue weighted by molar-refractivity contribution is -0.142. The SMILES string of the molecule is CCC(C)C(N)C(=O)NC(CC(N)=O)C(=O)NC(CC(N)=O)C(=O)NC(C)C(=O)O. The number of hydrogen-bond donors (Lipinski definition) is 7. The van der Waals surface area contributed by atoms with E-state index in [1.54, 1.807) is 6.92 Å². The maximum Gasteiger partial charge on any atom is 0.325 e. The first-order valence-electron chi connectivity index (χ1n) is 9.26. The zero-order valence-electron chi connectivity index (χ0n) is 17.1. The van der Waals surface area contributed by atoms with Crippen LogP contribution in [0.4, 0.5) is 0 Å². The molecule has 0 heterocycles. The van der Waals surface area contributed by atoms with E-state index in [0.29, 0.717) is 6.42 Å². The van der Waals surface area contributed by atoms with E-state index in [1.165, 1.54) is 6.92 Å². The van der Waals surface area contributed by atoms with Crippen molar-refractivity contribution in [3.05, 3.63) is 0 Å². The van der Waals surface area contributed by atoms with Gasteiger partial charge >= 0.3 is 5.97 Å². The molecule has 13 nitrogen and oxygen atoms in total. The molecule has 5 unspecified atom stereocenters. The molecule has 0 bridgehead atoms. The first-order valence-corrected chi connectivity index (χ1v) is 9.26. The van der Waals surface area contributed by atoms with E-state index in [0.717, 1.165) is 0 Å². The van der Waals surface area contributed by atoms with Crippen molar-refractivity contribution in [2.75, 3.05) is 0 Å². The van der Waals surface area contributed by atoms with Crippen LogP contribution in [0.15, 0.2) is 0 Å². The van der Waals surface area contributed by atoms with Gasteiger partial charge in [-0.15, -0.1) is 0 Å². The highest BCUT2D eigenvalue weighted by Gasteiger charge is 2.31. The first kappa shape index (κ1) is 26.8. The van der Waals surface area contributed by atoms with Crippen LogP contribution < -0.4 is 33.2 Å². The molecule has 5 amide bonds. The third-order valence-electron chi connectivity index (χ3n) is 4.37. The van der Waals surface area contributed by atoms with Crippen molar-refractivity contribution in [1.29, 1.82) is 0 Å². The number of carboxylic acids is 1. The Morgan fingerprint density at radius 2 is 1.20 bits per heavy atom. The summed E-state index contributed by atoms with van der Waals surface area (Å²) < 4.78 is 0. The van der Waals surface area contributed by atoms with Gasteiger partial charge < -0.3 is 38.3 Å². The van der Waals surface area contributed by atoms with Gasteiger partial charge in [-0.1, -0.05) is 20.3 Å². The van der Waals surface area contributed by atoms with E-state index in [9.17, 15) is 28.8 Å². The summed E-state index contributed by atoms with van der Waals surface area (Å²) in [6.45, 7) is 4.72. The molecule has 0 aromatic heterocycles. The predicted molar refractivity (Wildman–Crippen MR) is 104 cm³/mol. The first-order chi connectivity index (χ1) is 13.8. The predicted octanol–water partition coefficient (Wildman–Crippen LogP) is -3.33. The number of hydrogen-bond acceptors (Lipinski definition) is 7. The fourth-order valence-electron chi connectivity index (χ4n) is 2.25. The van der Waals surface area contributed by atoms with Crippen molar-refractivity contribution in [2.45, 2.75) is 64.2 Å². The Labute approximate surface area is 173 Å². The van der Waals surface area contributed by atoms with E-state index in [2.05, 4.69) is 16.0 Å². The van der Waals surface area contributed by atoms with Crippen molar-refractivity contribution in [1.82, 2.24) is 16.0 Å². The molecule has 0 fully saturated rings. The van der Waals surface area contributed by atoms with E-state index in [4.69, 9.17) is 22.3 Å². The topological polar surface area (TPSA) is 237 Å². The zero-order chi connectivity index (χ0) is 23.6. The molecule has 0 aromatic carbocycles. The summed E-state index contributed by atoms with van der Waals surface area (Å²) in [5.41, 5.74) is 16.0. The van der Waals surface area contributed by atoms with Crippen LogP contribution in [0.1, 0.15) is 40.0 Å². The average molecular weight is 430 g/mol. The number of aliphatic carboxylic acids is 1. The highest BCUT2D eigenvalue weighted by molar-refractivity contribution is 5.97. The number of rotatable bonds is 13. The van der Waals surface area contributed by atoms with Gasteiger partial charge in [0.1, 0.15) is 18.1 Å². The Morgan fingerprint density at radius 1 is 0.800 bits per heavy atom. The summed E-state index contributed by atoms with van der Waals surface area (Å²) in [5.74, 6) is -6.12. The summed E-state index contributed by atoms with van der Waals surface area (Å²) in [4.78, 5) is 70.5. The molecule has 0 radical (unpaired) electrons. The second-order valence-corrected chi connectivity index (χ2v) is 6.94. The van der Waals surface area contributed by atoms with Crippen LogP contribution in [0, 0.1) is 5.92 Å². The molecule has 13 heteroatoms. The van der Waals surface area contributed by atoms with Crippen LogP contribution in [-0.2, 0) is 28.8 Å². The third-order valence-corrected chi connectivity index (χ3v) is 4.37. The van der Waals surface area contributed by atoms with Gasteiger partial charge in [-0.3, -0.25) is 28.8 Å². The van der Waals surface area contributed by atoms with E-state index in [-0.39, 0.29) is 5.92 Å². The zero-order valence-corrected chi connectivity index (χ0v) is 17.1. The fourth-order valence-corrected chi connectivity index (χ4v) is 2.25. The van der Waals surface area contributed by atoms with Crippen LogP contribution in [-0.4, -0.2) is 64.8 Å². The largest absolute Gasteiger partial charge is 0.480 e. The molecule has 0 rings (SSSR count).